The topological polar surface area (TPSA) is 48.1 Å². The summed E-state index contributed by atoms with van der Waals surface area (Å²) in [7, 11) is 0. The van der Waals surface area contributed by atoms with Gasteiger partial charge >= 0.3 is 0 Å². The van der Waals surface area contributed by atoms with Gasteiger partial charge in [-0.3, -0.25) is 0 Å². The number of rotatable bonds is 2. The molecule has 0 radical (unpaired) electrons. The third-order valence-electron chi connectivity index (χ3n) is 2.31. The number of para-hydroxylation sites is 1. The van der Waals surface area contributed by atoms with Gasteiger partial charge in [0.15, 0.2) is 5.75 Å². The van der Waals surface area contributed by atoms with Crippen molar-refractivity contribution in [3.63, 3.8) is 0 Å². The van der Waals surface area contributed by atoms with Crippen molar-refractivity contribution in [1.82, 2.24) is 4.98 Å². The van der Waals surface area contributed by atoms with E-state index < -0.39 is 0 Å². The number of benzene rings is 1. The Balaban J connectivity index is 2.34. The van der Waals surface area contributed by atoms with Gasteiger partial charge in [0, 0.05) is 11.8 Å². The summed E-state index contributed by atoms with van der Waals surface area (Å²) in [5.41, 5.74) is 8.41. The molecule has 0 unspecified atom stereocenters. The van der Waals surface area contributed by atoms with E-state index in [1.807, 2.05) is 50.2 Å². The zero-order chi connectivity index (χ0) is 11.5. The van der Waals surface area contributed by atoms with Crippen LogP contribution in [0.1, 0.15) is 11.3 Å². The highest BCUT2D eigenvalue weighted by molar-refractivity contribution is 5.57. The zero-order valence-electron chi connectivity index (χ0n) is 9.40. The molecule has 1 heterocycles. The summed E-state index contributed by atoms with van der Waals surface area (Å²) in [6, 6.07) is 11.3. The smallest absolute Gasteiger partial charge is 0.219 e. The van der Waals surface area contributed by atoms with E-state index in [0.717, 1.165) is 11.3 Å². The largest absolute Gasteiger partial charge is 0.437 e. The molecule has 3 nitrogen and oxygen atoms in total. The van der Waals surface area contributed by atoms with Crippen LogP contribution in [0.25, 0.3) is 0 Å². The number of aromatic nitrogens is 1. The Morgan fingerprint density at radius 1 is 1.06 bits per heavy atom. The van der Waals surface area contributed by atoms with Crippen LogP contribution in [0, 0.1) is 13.8 Å². The van der Waals surface area contributed by atoms with Gasteiger partial charge in [0.25, 0.3) is 0 Å². The highest BCUT2D eigenvalue weighted by Crippen LogP contribution is 2.29. The number of nitrogens with two attached hydrogens (primary N) is 1. The van der Waals surface area contributed by atoms with Crippen LogP contribution in [0.3, 0.4) is 0 Å². The summed E-state index contributed by atoms with van der Waals surface area (Å²) in [6.07, 6.45) is 0. The quantitative estimate of drug-likeness (QED) is 0.781. The van der Waals surface area contributed by atoms with E-state index in [9.17, 15) is 0 Å². The van der Waals surface area contributed by atoms with Crippen LogP contribution in [0.4, 0.5) is 5.69 Å². The van der Waals surface area contributed by atoms with Crippen molar-refractivity contribution < 1.29 is 4.74 Å². The second-order valence-corrected chi connectivity index (χ2v) is 3.71. The van der Waals surface area contributed by atoms with Gasteiger partial charge < -0.3 is 10.5 Å². The van der Waals surface area contributed by atoms with Gasteiger partial charge in [-0.15, -0.1) is 0 Å². The number of nitrogens with zero attached hydrogens (tertiary/aromatic N) is 1. The van der Waals surface area contributed by atoms with Crippen molar-refractivity contribution in [3.8, 4) is 11.6 Å². The van der Waals surface area contributed by atoms with Gasteiger partial charge in [0.1, 0.15) is 0 Å². The molecule has 0 bridgehead atoms. The summed E-state index contributed by atoms with van der Waals surface area (Å²) in [5.74, 6) is 1.25. The first-order valence-corrected chi connectivity index (χ1v) is 5.13. The van der Waals surface area contributed by atoms with Gasteiger partial charge in [-0.2, -0.15) is 0 Å². The third-order valence-corrected chi connectivity index (χ3v) is 2.31. The second-order valence-electron chi connectivity index (χ2n) is 3.71. The molecule has 0 saturated carbocycles. The Bertz CT molecular complexity index is 489. The van der Waals surface area contributed by atoms with E-state index in [2.05, 4.69) is 4.98 Å². The fraction of sp³-hybridized carbons (Fsp3) is 0.154. The second kappa shape index (κ2) is 4.23. The van der Waals surface area contributed by atoms with E-state index in [0.29, 0.717) is 17.3 Å². The SMILES string of the molecule is Cc1cccc(Oc2c(C)cccc2N)n1. The third kappa shape index (κ3) is 2.14. The first-order chi connectivity index (χ1) is 7.66. The summed E-state index contributed by atoms with van der Waals surface area (Å²) in [4.78, 5) is 4.27. The summed E-state index contributed by atoms with van der Waals surface area (Å²) in [5, 5.41) is 0. The standard InChI is InChI=1S/C13H14N2O/c1-9-5-3-7-11(14)13(9)16-12-8-4-6-10(2)15-12/h3-8H,14H2,1-2H3. The number of hydrogen-bond acceptors (Lipinski definition) is 3. The van der Waals surface area contributed by atoms with Crippen LogP contribution in [0.15, 0.2) is 36.4 Å². The summed E-state index contributed by atoms with van der Waals surface area (Å²) in [6.45, 7) is 3.88. The Labute approximate surface area is 94.9 Å². The average molecular weight is 214 g/mol. The van der Waals surface area contributed by atoms with Crippen LogP contribution in [0.2, 0.25) is 0 Å². The van der Waals surface area contributed by atoms with Crippen LogP contribution >= 0.6 is 0 Å². The molecule has 0 aliphatic rings. The molecular weight excluding hydrogens is 200 g/mol. The van der Waals surface area contributed by atoms with E-state index in [4.69, 9.17) is 10.5 Å². The number of pyridine rings is 1. The molecule has 0 saturated heterocycles. The molecule has 82 valence electrons. The van der Waals surface area contributed by atoms with Gasteiger partial charge in [-0.25, -0.2) is 4.98 Å². The van der Waals surface area contributed by atoms with Crippen LogP contribution in [-0.2, 0) is 0 Å². The predicted molar refractivity (Wildman–Crippen MR) is 64.6 cm³/mol. The molecule has 0 atom stereocenters. The first kappa shape index (κ1) is 10.5. The molecule has 3 heteroatoms. The fourth-order valence-corrected chi connectivity index (χ4v) is 1.49. The van der Waals surface area contributed by atoms with Gasteiger partial charge in [-0.05, 0) is 31.5 Å². The maximum absolute atomic E-state index is 5.85. The Morgan fingerprint density at radius 2 is 1.81 bits per heavy atom. The molecule has 0 spiro atoms. The number of ether oxygens (including phenoxy) is 1. The summed E-state index contributed by atoms with van der Waals surface area (Å²) >= 11 is 0. The molecule has 16 heavy (non-hydrogen) atoms. The number of anilines is 1. The molecule has 0 aliphatic heterocycles. The lowest BCUT2D eigenvalue weighted by Gasteiger charge is -2.10. The zero-order valence-corrected chi connectivity index (χ0v) is 9.40. The Kier molecular flexibility index (Phi) is 2.77. The van der Waals surface area contributed by atoms with Gasteiger partial charge in [-0.1, -0.05) is 18.2 Å². The molecule has 0 aliphatic carbocycles. The molecule has 2 N–H and O–H groups in total. The van der Waals surface area contributed by atoms with E-state index in [1.54, 1.807) is 0 Å². The minimum absolute atomic E-state index is 0.570. The van der Waals surface area contributed by atoms with Crippen molar-refractivity contribution in [1.29, 1.82) is 0 Å². The maximum atomic E-state index is 5.85. The molecule has 0 fully saturated rings. The molecule has 1 aromatic carbocycles. The van der Waals surface area contributed by atoms with Crippen molar-refractivity contribution in [3.05, 3.63) is 47.7 Å². The number of hydrogen-bond donors (Lipinski definition) is 1. The molecule has 1 aromatic heterocycles. The lowest BCUT2D eigenvalue weighted by molar-refractivity contribution is 0.460. The average Bonchev–Trinajstić information content (AvgIpc) is 2.24. The van der Waals surface area contributed by atoms with E-state index in [-0.39, 0.29) is 0 Å². The van der Waals surface area contributed by atoms with E-state index in [1.165, 1.54) is 0 Å². The Morgan fingerprint density at radius 3 is 2.50 bits per heavy atom. The monoisotopic (exact) mass is 214 g/mol. The minimum atomic E-state index is 0.570. The highest BCUT2D eigenvalue weighted by atomic mass is 16.5. The lowest BCUT2D eigenvalue weighted by atomic mass is 10.2. The van der Waals surface area contributed by atoms with Gasteiger partial charge in [0.05, 0.1) is 5.69 Å². The van der Waals surface area contributed by atoms with Crippen LogP contribution in [-0.4, -0.2) is 4.98 Å². The summed E-state index contributed by atoms with van der Waals surface area (Å²) < 4.78 is 5.68. The normalized spacial score (nSPS) is 10.1. The van der Waals surface area contributed by atoms with Crippen molar-refractivity contribution in [2.24, 2.45) is 0 Å². The number of nitrogen functional groups attached to an aromatic ring is 1. The predicted octanol–water partition coefficient (Wildman–Crippen LogP) is 3.07. The lowest BCUT2D eigenvalue weighted by Crippen LogP contribution is -1.96. The molecule has 2 aromatic rings. The van der Waals surface area contributed by atoms with Crippen LogP contribution < -0.4 is 10.5 Å². The highest BCUT2D eigenvalue weighted by Gasteiger charge is 2.05. The fourth-order valence-electron chi connectivity index (χ4n) is 1.49. The number of aryl methyl sites for hydroxylation is 2. The molecule has 2 rings (SSSR count). The molecule has 0 amide bonds. The molecular formula is C13H14N2O. The van der Waals surface area contributed by atoms with Gasteiger partial charge in [0.2, 0.25) is 5.88 Å². The Hall–Kier alpha value is -2.03. The van der Waals surface area contributed by atoms with Crippen molar-refractivity contribution >= 4 is 5.69 Å². The van der Waals surface area contributed by atoms with E-state index >= 15 is 0 Å². The maximum Gasteiger partial charge on any atom is 0.219 e. The minimum Gasteiger partial charge on any atom is -0.437 e. The van der Waals surface area contributed by atoms with Crippen molar-refractivity contribution in [2.45, 2.75) is 13.8 Å². The first-order valence-electron chi connectivity index (χ1n) is 5.13. The van der Waals surface area contributed by atoms with Crippen molar-refractivity contribution in [2.75, 3.05) is 5.73 Å². The van der Waals surface area contributed by atoms with Crippen LogP contribution in [0.5, 0.6) is 11.6 Å².